The maximum absolute atomic E-state index is 11.9. The Labute approximate surface area is 111 Å². The number of piperidine rings is 1. The number of nitrogens with zero attached hydrogens (tertiary/aromatic N) is 1. The molecule has 18 heavy (non-hydrogen) atoms. The van der Waals surface area contributed by atoms with E-state index < -0.39 is 0 Å². The van der Waals surface area contributed by atoms with Crippen LogP contribution in [0.4, 0.5) is 5.69 Å². The van der Waals surface area contributed by atoms with E-state index in [2.05, 4.69) is 11.8 Å². The van der Waals surface area contributed by atoms with Gasteiger partial charge in [0.25, 0.3) is 0 Å². The van der Waals surface area contributed by atoms with Gasteiger partial charge in [0.05, 0.1) is 10.7 Å². The fraction of sp³-hybridized carbons (Fsp3) is 0.357. The van der Waals surface area contributed by atoms with Gasteiger partial charge in [-0.1, -0.05) is 23.4 Å². The van der Waals surface area contributed by atoms with E-state index >= 15 is 0 Å². The fourth-order valence-corrected chi connectivity index (χ4v) is 2.22. The number of carbonyl (C=O) groups excluding carboxylic acids is 1. The quantitative estimate of drug-likeness (QED) is 0.789. The highest BCUT2D eigenvalue weighted by Crippen LogP contribution is 2.29. The molecule has 1 aromatic carbocycles. The molecule has 2 rings (SSSR count). The molecule has 4 heteroatoms. The van der Waals surface area contributed by atoms with Crippen LogP contribution in [-0.2, 0) is 4.79 Å². The first-order valence-electron chi connectivity index (χ1n) is 5.92. The minimum Gasteiger partial charge on any atom is -0.384 e. The average molecular weight is 264 g/mol. The molecule has 1 amide bonds. The maximum atomic E-state index is 11.9. The van der Waals surface area contributed by atoms with Crippen LogP contribution >= 0.6 is 11.6 Å². The highest BCUT2D eigenvalue weighted by atomic mass is 35.5. The van der Waals surface area contributed by atoms with Gasteiger partial charge in [0.1, 0.15) is 6.61 Å². The highest BCUT2D eigenvalue weighted by molar-refractivity contribution is 6.33. The van der Waals surface area contributed by atoms with Gasteiger partial charge >= 0.3 is 0 Å². The molecule has 94 valence electrons. The van der Waals surface area contributed by atoms with E-state index in [9.17, 15) is 4.79 Å². The van der Waals surface area contributed by atoms with E-state index in [4.69, 9.17) is 16.7 Å². The van der Waals surface area contributed by atoms with Gasteiger partial charge in [-0.25, -0.2) is 0 Å². The lowest BCUT2D eigenvalue weighted by Gasteiger charge is -2.27. The Morgan fingerprint density at radius 1 is 1.39 bits per heavy atom. The standard InChI is InChI=1S/C14H14ClNO2/c15-12-7-6-11(4-3-9-17)10-13(12)16-8-2-1-5-14(16)18/h6-7,10,17H,1-2,5,8-9H2. The minimum absolute atomic E-state index is 0.107. The number of hydrogen-bond donors (Lipinski definition) is 1. The van der Waals surface area contributed by atoms with Crippen molar-refractivity contribution in [3.63, 3.8) is 0 Å². The Morgan fingerprint density at radius 3 is 2.94 bits per heavy atom. The van der Waals surface area contributed by atoms with Gasteiger partial charge in [-0.15, -0.1) is 0 Å². The molecule has 1 heterocycles. The molecule has 1 aromatic rings. The van der Waals surface area contributed by atoms with Crippen LogP contribution in [-0.4, -0.2) is 24.2 Å². The van der Waals surface area contributed by atoms with E-state index in [1.165, 1.54) is 0 Å². The van der Waals surface area contributed by atoms with Gasteiger partial charge < -0.3 is 10.0 Å². The molecule has 1 saturated heterocycles. The molecule has 0 saturated carbocycles. The van der Waals surface area contributed by atoms with Gasteiger partial charge in [-0.05, 0) is 31.0 Å². The molecule has 1 aliphatic heterocycles. The largest absolute Gasteiger partial charge is 0.384 e. The smallest absolute Gasteiger partial charge is 0.227 e. The maximum Gasteiger partial charge on any atom is 0.227 e. The van der Waals surface area contributed by atoms with Crippen molar-refractivity contribution < 1.29 is 9.90 Å². The van der Waals surface area contributed by atoms with Crippen LogP contribution in [0, 0.1) is 11.8 Å². The van der Waals surface area contributed by atoms with Crippen LogP contribution < -0.4 is 4.90 Å². The van der Waals surface area contributed by atoms with Gasteiger partial charge in [-0.3, -0.25) is 4.79 Å². The van der Waals surface area contributed by atoms with E-state index in [-0.39, 0.29) is 12.5 Å². The molecule has 3 nitrogen and oxygen atoms in total. The first-order chi connectivity index (χ1) is 8.72. The SMILES string of the molecule is O=C1CCCCN1c1cc(C#CCO)ccc1Cl. The highest BCUT2D eigenvalue weighted by Gasteiger charge is 2.21. The third-order valence-corrected chi connectivity index (χ3v) is 3.19. The Hall–Kier alpha value is -1.50. The summed E-state index contributed by atoms with van der Waals surface area (Å²) in [6.07, 6.45) is 2.51. The molecule has 0 aromatic heterocycles. The molecule has 0 spiro atoms. The lowest BCUT2D eigenvalue weighted by molar-refractivity contribution is -0.119. The molecule has 1 aliphatic rings. The van der Waals surface area contributed by atoms with Gasteiger partial charge in [0.15, 0.2) is 0 Å². The summed E-state index contributed by atoms with van der Waals surface area (Å²) < 4.78 is 0. The van der Waals surface area contributed by atoms with Crippen LogP contribution in [0.25, 0.3) is 0 Å². The number of anilines is 1. The first-order valence-corrected chi connectivity index (χ1v) is 6.30. The topological polar surface area (TPSA) is 40.5 Å². The van der Waals surface area contributed by atoms with Crippen molar-refractivity contribution in [2.45, 2.75) is 19.3 Å². The summed E-state index contributed by atoms with van der Waals surface area (Å²) in [7, 11) is 0. The summed E-state index contributed by atoms with van der Waals surface area (Å²) >= 11 is 6.14. The van der Waals surface area contributed by atoms with Crippen molar-refractivity contribution in [3.05, 3.63) is 28.8 Å². The van der Waals surface area contributed by atoms with Crippen LogP contribution in [0.5, 0.6) is 0 Å². The van der Waals surface area contributed by atoms with Crippen molar-refractivity contribution in [2.24, 2.45) is 0 Å². The Balaban J connectivity index is 2.33. The third kappa shape index (κ3) is 2.84. The molecular formula is C14H14ClNO2. The van der Waals surface area contributed by atoms with E-state index in [0.29, 0.717) is 23.7 Å². The predicted molar refractivity (Wildman–Crippen MR) is 71.6 cm³/mol. The van der Waals surface area contributed by atoms with Gasteiger partial charge in [0, 0.05) is 18.5 Å². The summed E-state index contributed by atoms with van der Waals surface area (Å²) in [5, 5.41) is 9.23. The molecule has 0 radical (unpaired) electrons. The molecule has 0 atom stereocenters. The number of aliphatic hydroxyl groups is 1. The van der Waals surface area contributed by atoms with Crippen molar-refractivity contribution in [3.8, 4) is 11.8 Å². The number of carbonyl (C=O) groups is 1. The van der Waals surface area contributed by atoms with Crippen molar-refractivity contribution >= 4 is 23.2 Å². The minimum atomic E-state index is -0.180. The number of amides is 1. The number of halogens is 1. The van der Waals surface area contributed by atoms with E-state index in [0.717, 1.165) is 18.4 Å². The molecular weight excluding hydrogens is 250 g/mol. The molecule has 0 unspecified atom stereocenters. The van der Waals surface area contributed by atoms with E-state index in [1.54, 1.807) is 23.1 Å². The normalized spacial score (nSPS) is 15.2. The van der Waals surface area contributed by atoms with Crippen LogP contribution in [0.1, 0.15) is 24.8 Å². The monoisotopic (exact) mass is 263 g/mol. The molecule has 1 N–H and O–H groups in total. The Morgan fingerprint density at radius 2 is 2.22 bits per heavy atom. The third-order valence-electron chi connectivity index (χ3n) is 2.87. The molecule has 1 fully saturated rings. The van der Waals surface area contributed by atoms with Crippen molar-refractivity contribution in [1.82, 2.24) is 0 Å². The van der Waals surface area contributed by atoms with Crippen LogP contribution in [0.3, 0.4) is 0 Å². The first kappa shape index (κ1) is 12.9. The van der Waals surface area contributed by atoms with Gasteiger partial charge in [0.2, 0.25) is 5.91 Å². The van der Waals surface area contributed by atoms with Crippen molar-refractivity contribution in [1.29, 1.82) is 0 Å². The summed E-state index contributed by atoms with van der Waals surface area (Å²) in [4.78, 5) is 13.6. The summed E-state index contributed by atoms with van der Waals surface area (Å²) in [5.41, 5.74) is 1.47. The zero-order chi connectivity index (χ0) is 13.0. The zero-order valence-corrected chi connectivity index (χ0v) is 10.7. The van der Waals surface area contributed by atoms with Gasteiger partial charge in [-0.2, -0.15) is 0 Å². The zero-order valence-electron chi connectivity index (χ0n) is 9.95. The van der Waals surface area contributed by atoms with Crippen molar-refractivity contribution in [2.75, 3.05) is 18.1 Å². The second-order valence-electron chi connectivity index (χ2n) is 4.13. The average Bonchev–Trinajstić information content (AvgIpc) is 2.39. The second-order valence-corrected chi connectivity index (χ2v) is 4.54. The Kier molecular flexibility index (Phi) is 4.24. The summed E-state index contributed by atoms with van der Waals surface area (Å²) in [6, 6.07) is 5.32. The molecule has 0 bridgehead atoms. The Bertz CT molecular complexity index is 516. The summed E-state index contributed by atoms with van der Waals surface area (Å²) in [5.74, 6) is 5.51. The lowest BCUT2D eigenvalue weighted by atomic mass is 10.1. The van der Waals surface area contributed by atoms with E-state index in [1.807, 2.05) is 0 Å². The fourth-order valence-electron chi connectivity index (χ4n) is 2.00. The number of aliphatic hydroxyl groups excluding tert-OH is 1. The molecule has 0 aliphatic carbocycles. The summed E-state index contributed by atoms with van der Waals surface area (Å²) in [6.45, 7) is 0.524. The second kappa shape index (κ2) is 5.90. The number of benzene rings is 1. The predicted octanol–water partition coefficient (Wildman–Crippen LogP) is 2.20. The van der Waals surface area contributed by atoms with Crippen LogP contribution in [0.15, 0.2) is 18.2 Å². The lowest BCUT2D eigenvalue weighted by Crippen LogP contribution is -2.35. The number of rotatable bonds is 1. The van der Waals surface area contributed by atoms with Crippen LogP contribution in [0.2, 0.25) is 5.02 Å². The number of hydrogen-bond acceptors (Lipinski definition) is 2.